The van der Waals surface area contributed by atoms with E-state index in [0.717, 1.165) is 33.0 Å². The Kier molecular flexibility index (Phi) is 6.00. The van der Waals surface area contributed by atoms with Gasteiger partial charge in [0.2, 0.25) is 0 Å². The third-order valence-electron chi connectivity index (χ3n) is 8.25. The van der Waals surface area contributed by atoms with Gasteiger partial charge in [-0.15, -0.1) is 22.7 Å². The van der Waals surface area contributed by atoms with Crippen LogP contribution in [-0.2, 0) is 0 Å². The van der Waals surface area contributed by atoms with Crippen molar-refractivity contribution in [3.05, 3.63) is 132 Å². The molecule has 0 atom stereocenters. The van der Waals surface area contributed by atoms with Crippen molar-refractivity contribution in [3.63, 3.8) is 0 Å². The summed E-state index contributed by atoms with van der Waals surface area (Å²) in [4.78, 5) is 0. The number of rotatable bonds is 3. The molecule has 0 unspecified atom stereocenters. The van der Waals surface area contributed by atoms with E-state index in [0.29, 0.717) is 27.8 Å². The lowest BCUT2D eigenvalue weighted by molar-refractivity contribution is 1.42. The predicted molar refractivity (Wildman–Crippen MR) is 183 cm³/mol. The van der Waals surface area contributed by atoms with Gasteiger partial charge in [0.25, 0.3) is 0 Å². The van der Waals surface area contributed by atoms with E-state index >= 15 is 0 Å². The van der Waals surface area contributed by atoms with Crippen molar-refractivity contribution < 1.29 is 0 Å². The van der Waals surface area contributed by atoms with Crippen molar-refractivity contribution >= 4 is 63.0 Å². The van der Waals surface area contributed by atoms with Crippen LogP contribution in [-0.4, -0.2) is 0 Å². The predicted octanol–water partition coefficient (Wildman–Crippen LogP) is 11.0. The Labute approximate surface area is 261 Å². The van der Waals surface area contributed by atoms with Gasteiger partial charge in [0.1, 0.15) is 6.07 Å². The highest BCUT2D eigenvalue weighted by Gasteiger charge is 2.23. The van der Waals surface area contributed by atoms with Crippen molar-refractivity contribution in [1.82, 2.24) is 0 Å². The van der Waals surface area contributed by atoms with Crippen molar-refractivity contribution in [2.75, 3.05) is 0 Å². The largest absolute Gasteiger partial charge is 0.192 e. The Hall–Kier alpha value is -5.77. The van der Waals surface area contributed by atoms with E-state index in [4.69, 9.17) is 0 Å². The fourth-order valence-corrected chi connectivity index (χ4v) is 8.43. The van der Waals surface area contributed by atoms with Crippen LogP contribution in [0, 0.1) is 34.0 Å². The quantitative estimate of drug-likeness (QED) is 0.205. The molecule has 0 N–H and O–H groups in total. The topological polar surface area (TPSA) is 71.4 Å². The summed E-state index contributed by atoms with van der Waals surface area (Å²) in [5.41, 5.74) is 5.67. The molecule has 8 rings (SSSR count). The normalized spacial score (nSPS) is 11.1. The molecule has 8 aromatic rings. The molecule has 6 aromatic carbocycles. The zero-order valence-electron chi connectivity index (χ0n) is 23.1. The lowest BCUT2D eigenvalue weighted by Gasteiger charge is -2.18. The molecule has 2 heterocycles. The van der Waals surface area contributed by atoms with Crippen molar-refractivity contribution in [1.29, 1.82) is 15.8 Å². The van der Waals surface area contributed by atoms with E-state index in [1.807, 2.05) is 36.4 Å². The molecule has 0 amide bonds. The molecule has 0 saturated carbocycles. The van der Waals surface area contributed by atoms with E-state index in [-0.39, 0.29) is 0 Å². The first kappa shape index (κ1) is 25.9. The molecule has 44 heavy (non-hydrogen) atoms. The van der Waals surface area contributed by atoms with E-state index in [1.165, 1.54) is 29.6 Å². The Morgan fingerprint density at radius 3 is 1.45 bits per heavy atom. The Bertz CT molecular complexity index is 2570. The van der Waals surface area contributed by atoms with Gasteiger partial charge < -0.3 is 0 Å². The molecular formula is C39H19N3S2. The Balaban J connectivity index is 1.45. The molecular weight excluding hydrogens is 575 g/mol. The number of hydrogen-bond donors (Lipinski definition) is 0. The van der Waals surface area contributed by atoms with Crippen molar-refractivity contribution in [2.24, 2.45) is 0 Å². The second kappa shape index (κ2) is 10.2. The molecule has 0 aliphatic heterocycles. The van der Waals surface area contributed by atoms with Crippen LogP contribution in [0.4, 0.5) is 0 Å². The fraction of sp³-hybridized carbons (Fsp3) is 0. The van der Waals surface area contributed by atoms with Crippen LogP contribution in [0.25, 0.3) is 73.7 Å². The zero-order valence-corrected chi connectivity index (χ0v) is 24.8. The molecule has 0 fully saturated rings. The highest BCUT2D eigenvalue weighted by atomic mass is 32.1. The molecule has 0 bridgehead atoms. The summed E-state index contributed by atoms with van der Waals surface area (Å²) in [5.74, 6) is 0. The Morgan fingerprint density at radius 1 is 0.409 bits per heavy atom. The first-order valence-corrected chi connectivity index (χ1v) is 15.7. The van der Waals surface area contributed by atoms with Gasteiger partial charge in [-0.3, -0.25) is 0 Å². The zero-order chi connectivity index (χ0) is 29.8. The number of thiophene rings is 2. The number of benzene rings is 6. The second-order valence-corrected chi connectivity index (χ2v) is 12.8. The van der Waals surface area contributed by atoms with Crippen molar-refractivity contribution in [3.8, 4) is 51.6 Å². The van der Waals surface area contributed by atoms with Gasteiger partial charge in [-0.2, -0.15) is 15.8 Å². The monoisotopic (exact) mass is 593 g/mol. The van der Waals surface area contributed by atoms with E-state index < -0.39 is 0 Å². The number of nitriles is 3. The minimum absolute atomic E-state index is 0.361. The molecule has 0 aliphatic carbocycles. The lowest BCUT2D eigenvalue weighted by atomic mass is 9.83. The van der Waals surface area contributed by atoms with Crippen molar-refractivity contribution in [2.45, 2.75) is 0 Å². The smallest absolute Gasteiger partial charge is 0.100 e. The van der Waals surface area contributed by atoms with Gasteiger partial charge in [-0.05, 0) is 65.2 Å². The van der Waals surface area contributed by atoms with E-state index in [1.54, 1.807) is 40.9 Å². The van der Waals surface area contributed by atoms with Gasteiger partial charge in [0, 0.05) is 57.0 Å². The number of nitrogens with zero attached hydrogens (tertiary/aromatic N) is 3. The number of fused-ring (bicyclic) bond motifs is 6. The molecule has 5 heteroatoms. The van der Waals surface area contributed by atoms with Crippen LogP contribution in [0.5, 0.6) is 0 Å². The van der Waals surface area contributed by atoms with Crippen LogP contribution in [0.3, 0.4) is 0 Å². The molecule has 0 spiro atoms. The van der Waals surface area contributed by atoms with Crippen LogP contribution >= 0.6 is 22.7 Å². The number of hydrogen-bond acceptors (Lipinski definition) is 5. The summed E-state index contributed by atoms with van der Waals surface area (Å²) in [6, 6.07) is 45.7. The average Bonchev–Trinajstić information content (AvgIpc) is 3.64. The Morgan fingerprint density at radius 2 is 0.909 bits per heavy atom. The summed E-state index contributed by atoms with van der Waals surface area (Å²) in [6.45, 7) is 0. The van der Waals surface area contributed by atoms with Gasteiger partial charge in [0.15, 0.2) is 0 Å². The second-order valence-electron chi connectivity index (χ2n) is 10.6. The first-order valence-electron chi connectivity index (χ1n) is 14.0. The fourth-order valence-electron chi connectivity index (χ4n) is 6.25. The third kappa shape index (κ3) is 3.91. The van der Waals surface area contributed by atoms with E-state index in [2.05, 4.69) is 78.9 Å². The molecule has 0 aliphatic rings. The summed E-state index contributed by atoms with van der Waals surface area (Å²) < 4.78 is 4.79. The summed E-state index contributed by atoms with van der Waals surface area (Å²) >= 11 is 3.50. The minimum atomic E-state index is 0.361. The maximum atomic E-state index is 10.8. The molecule has 0 saturated heterocycles. The summed E-state index contributed by atoms with van der Waals surface area (Å²) in [7, 11) is 0. The first-order chi connectivity index (χ1) is 21.7. The third-order valence-corrected chi connectivity index (χ3v) is 10.6. The maximum absolute atomic E-state index is 10.8. The average molecular weight is 594 g/mol. The van der Waals surface area contributed by atoms with Gasteiger partial charge in [-0.1, -0.05) is 66.7 Å². The maximum Gasteiger partial charge on any atom is 0.100 e. The van der Waals surface area contributed by atoms with Crippen LogP contribution in [0.15, 0.2) is 115 Å². The van der Waals surface area contributed by atoms with E-state index in [9.17, 15) is 15.8 Å². The lowest BCUT2D eigenvalue weighted by Crippen LogP contribution is -1.98. The molecule has 2 aromatic heterocycles. The minimum Gasteiger partial charge on any atom is -0.192 e. The highest BCUT2D eigenvalue weighted by Crippen LogP contribution is 2.45. The molecule has 3 nitrogen and oxygen atoms in total. The summed E-state index contributed by atoms with van der Waals surface area (Å²) in [6.07, 6.45) is 0. The van der Waals surface area contributed by atoms with Gasteiger partial charge in [-0.25, -0.2) is 0 Å². The van der Waals surface area contributed by atoms with Crippen LogP contribution in [0.1, 0.15) is 16.7 Å². The SMILES string of the molecule is N#Cc1cccc(C#N)c1-c1c(-c2ccc3sc4ccccc4c3c2)ccc(-c2ccc3sc4ccccc4c3c2)c1C#N. The molecule has 202 valence electrons. The summed E-state index contributed by atoms with van der Waals surface area (Å²) in [5, 5.41) is 35.9. The van der Waals surface area contributed by atoms with Gasteiger partial charge in [0.05, 0.1) is 28.8 Å². The van der Waals surface area contributed by atoms with Crippen LogP contribution < -0.4 is 0 Å². The van der Waals surface area contributed by atoms with Gasteiger partial charge >= 0.3 is 0 Å². The highest BCUT2D eigenvalue weighted by molar-refractivity contribution is 7.26. The van der Waals surface area contributed by atoms with Crippen LogP contribution in [0.2, 0.25) is 0 Å². The molecule has 0 radical (unpaired) electrons. The standard InChI is InChI=1S/C39H19N3S2/c40-20-25-6-5-7-26(21-41)38(25)39-28(24-13-17-37-32(19-24)30-9-2-4-11-35(30)44-37)15-14-27(33(39)22-42)23-12-16-36-31(18-23)29-8-1-3-10-34(29)43-36/h1-19H.